The van der Waals surface area contributed by atoms with Crippen molar-refractivity contribution >= 4 is 27.5 Å². The molecule has 1 heterocycles. The van der Waals surface area contributed by atoms with E-state index in [4.69, 9.17) is 5.73 Å². The van der Waals surface area contributed by atoms with E-state index in [9.17, 15) is 5.11 Å². The van der Waals surface area contributed by atoms with Crippen LogP contribution >= 0.6 is 0 Å². The number of nitrogens with two attached hydrogens (primary N) is 1. The second-order valence-electron chi connectivity index (χ2n) is 3.74. The number of pyridine rings is 1. The van der Waals surface area contributed by atoms with Crippen LogP contribution in [0.4, 0.5) is 5.69 Å². The summed E-state index contributed by atoms with van der Waals surface area (Å²) in [5, 5.41) is 11.2. The highest BCUT2D eigenvalue weighted by Gasteiger charge is 2.05. The number of para-hydroxylation sites is 1. The Labute approximate surface area is 92.1 Å². The lowest BCUT2D eigenvalue weighted by molar-refractivity contribution is 0.476. The second kappa shape index (κ2) is 3.10. The van der Waals surface area contributed by atoms with E-state index in [1.165, 1.54) is 0 Å². The van der Waals surface area contributed by atoms with Crippen LogP contribution < -0.4 is 5.73 Å². The number of aromatic nitrogens is 1. The van der Waals surface area contributed by atoms with Crippen molar-refractivity contribution in [1.29, 1.82) is 0 Å². The summed E-state index contributed by atoms with van der Waals surface area (Å²) >= 11 is 0. The average molecular weight is 210 g/mol. The van der Waals surface area contributed by atoms with E-state index >= 15 is 0 Å². The van der Waals surface area contributed by atoms with Crippen LogP contribution in [-0.2, 0) is 0 Å². The molecule has 78 valence electrons. The van der Waals surface area contributed by atoms with E-state index < -0.39 is 0 Å². The molecule has 0 unspecified atom stereocenters. The fraction of sp³-hybridized carbons (Fsp3) is 0. The van der Waals surface area contributed by atoms with Crippen LogP contribution in [0.1, 0.15) is 0 Å². The first-order valence-corrected chi connectivity index (χ1v) is 5.02. The lowest BCUT2D eigenvalue weighted by Gasteiger charge is -2.06. The first-order valence-electron chi connectivity index (χ1n) is 5.02. The minimum Gasteiger partial charge on any atom is -0.508 e. The Bertz CT molecular complexity index is 692. The first-order chi connectivity index (χ1) is 7.75. The molecule has 0 saturated carbocycles. The molecule has 1 aromatic heterocycles. The van der Waals surface area contributed by atoms with Crippen molar-refractivity contribution in [1.82, 2.24) is 4.98 Å². The van der Waals surface area contributed by atoms with Gasteiger partial charge in [0.05, 0.1) is 16.7 Å². The molecule has 0 atom stereocenters. The van der Waals surface area contributed by atoms with Crippen LogP contribution in [0.3, 0.4) is 0 Å². The molecular weight excluding hydrogens is 200 g/mol. The average Bonchev–Trinajstić information content (AvgIpc) is 2.29. The Morgan fingerprint density at radius 1 is 0.938 bits per heavy atom. The third-order valence-corrected chi connectivity index (χ3v) is 2.71. The molecule has 0 fully saturated rings. The SMILES string of the molecule is Nc1c2ccccc2nc2cc(O)ccc12. The van der Waals surface area contributed by atoms with Crippen LogP contribution in [-0.4, -0.2) is 10.1 Å². The van der Waals surface area contributed by atoms with Gasteiger partial charge in [-0.25, -0.2) is 4.98 Å². The summed E-state index contributed by atoms with van der Waals surface area (Å²) in [5.74, 6) is 0.203. The van der Waals surface area contributed by atoms with Gasteiger partial charge in [-0.3, -0.25) is 0 Å². The van der Waals surface area contributed by atoms with Crippen molar-refractivity contribution in [2.24, 2.45) is 0 Å². The Kier molecular flexibility index (Phi) is 1.74. The van der Waals surface area contributed by atoms with E-state index in [0.29, 0.717) is 5.69 Å². The van der Waals surface area contributed by atoms with Gasteiger partial charge in [0.15, 0.2) is 0 Å². The van der Waals surface area contributed by atoms with Gasteiger partial charge in [0.1, 0.15) is 5.75 Å². The number of hydrogen-bond acceptors (Lipinski definition) is 3. The number of hydrogen-bond donors (Lipinski definition) is 2. The molecule has 0 radical (unpaired) electrons. The van der Waals surface area contributed by atoms with E-state index in [1.807, 2.05) is 24.3 Å². The van der Waals surface area contributed by atoms with E-state index in [-0.39, 0.29) is 5.75 Å². The van der Waals surface area contributed by atoms with Gasteiger partial charge in [-0.1, -0.05) is 18.2 Å². The molecule has 3 heteroatoms. The molecule has 3 nitrogen and oxygen atoms in total. The Morgan fingerprint density at radius 3 is 2.56 bits per heavy atom. The van der Waals surface area contributed by atoms with Crippen molar-refractivity contribution < 1.29 is 5.11 Å². The summed E-state index contributed by atoms with van der Waals surface area (Å²) in [6, 6.07) is 12.8. The molecule has 16 heavy (non-hydrogen) atoms. The molecule has 3 rings (SSSR count). The summed E-state index contributed by atoms with van der Waals surface area (Å²) < 4.78 is 0. The molecule has 0 spiro atoms. The second-order valence-corrected chi connectivity index (χ2v) is 3.74. The number of nitrogens with zero attached hydrogens (tertiary/aromatic N) is 1. The molecule has 0 saturated heterocycles. The molecule has 0 amide bonds. The van der Waals surface area contributed by atoms with Crippen molar-refractivity contribution in [3.8, 4) is 5.75 Å². The predicted molar refractivity (Wildman–Crippen MR) is 65.3 cm³/mol. The molecule has 0 aliphatic rings. The summed E-state index contributed by atoms with van der Waals surface area (Å²) in [5.41, 5.74) is 8.36. The Morgan fingerprint density at radius 2 is 1.69 bits per heavy atom. The third-order valence-electron chi connectivity index (χ3n) is 2.71. The van der Waals surface area contributed by atoms with Crippen LogP contribution in [0.5, 0.6) is 5.75 Å². The first kappa shape index (κ1) is 8.97. The van der Waals surface area contributed by atoms with Gasteiger partial charge in [-0.2, -0.15) is 0 Å². The zero-order valence-electron chi connectivity index (χ0n) is 8.51. The maximum atomic E-state index is 9.41. The normalized spacial score (nSPS) is 11.0. The highest BCUT2D eigenvalue weighted by atomic mass is 16.3. The fourth-order valence-corrected chi connectivity index (χ4v) is 1.91. The molecule has 3 N–H and O–H groups in total. The van der Waals surface area contributed by atoms with Gasteiger partial charge in [0.2, 0.25) is 0 Å². The van der Waals surface area contributed by atoms with Crippen LogP contribution in [0.2, 0.25) is 0 Å². The molecule has 0 bridgehead atoms. The monoisotopic (exact) mass is 210 g/mol. The topological polar surface area (TPSA) is 59.1 Å². The maximum Gasteiger partial charge on any atom is 0.117 e. The quantitative estimate of drug-likeness (QED) is 0.561. The number of benzene rings is 2. The smallest absolute Gasteiger partial charge is 0.117 e. The van der Waals surface area contributed by atoms with Crippen molar-refractivity contribution in [2.75, 3.05) is 5.73 Å². The standard InChI is InChI=1S/C13H10N2O/c14-13-9-3-1-2-4-11(9)15-12-7-8(16)5-6-10(12)13/h1-7,16H,(H2,14,15). The zero-order chi connectivity index (χ0) is 11.1. The lowest BCUT2D eigenvalue weighted by Crippen LogP contribution is -1.92. The van der Waals surface area contributed by atoms with Crippen LogP contribution in [0.15, 0.2) is 42.5 Å². The lowest BCUT2D eigenvalue weighted by atomic mass is 10.1. The number of anilines is 1. The minimum atomic E-state index is 0.203. The fourth-order valence-electron chi connectivity index (χ4n) is 1.91. The van der Waals surface area contributed by atoms with Gasteiger partial charge < -0.3 is 10.8 Å². The summed E-state index contributed by atoms with van der Waals surface area (Å²) in [4.78, 5) is 4.46. The van der Waals surface area contributed by atoms with Gasteiger partial charge in [0, 0.05) is 16.8 Å². The number of phenols is 1. The largest absolute Gasteiger partial charge is 0.508 e. The number of aromatic hydroxyl groups is 1. The van der Waals surface area contributed by atoms with E-state index in [2.05, 4.69) is 4.98 Å². The minimum absolute atomic E-state index is 0.203. The maximum absolute atomic E-state index is 9.41. The number of phenolic OH excluding ortho intramolecular Hbond substituents is 1. The number of nitrogen functional groups attached to an aromatic ring is 1. The molecule has 3 aromatic rings. The van der Waals surface area contributed by atoms with Crippen LogP contribution in [0, 0.1) is 0 Å². The molecule has 0 aliphatic carbocycles. The number of rotatable bonds is 0. The summed E-state index contributed by atoms with van der Waals surface area (Å²) in [6.07, 6.45) is 0. The Balaban J connectivity index is 2.55. The van der Waals surface area contributed by atoms with E-state index in [0.717, 1.165) is 21.8 Å². The van der Waals surface area contributed by atoms with Crippen LogP contribution in [0.25, 0.3) is 21.8 Å². The van der Waals surface area contributed by atoms with Crippen molar-refractivity contribution in [2.45, 2.75) is 0 Å². The highest BCUT2D eigenvalue weighted by Crippen LogP contribution is 2.29. The molecule has 2 aromatic carbocycles. The van der Waals surface area contributed by atoms with E-state index in [1.54, 1.807) is 18.2 Å². The molecular formula is C13H10N2O. The van der Waals surface area contributed by atoms with Crippen molar-refractivity contribution in [3.63, 3.8) is 0 Å². The zero-order valence-corrected chi connectivity index (χ0v) is 8.51. The summed E-state index contributed by atoms with van der Waals surface area (Å²) in [6.45, 7) is 0. The van der Waals surface area contributed by atoms with Crippen molar-refractivity contribution in [3.05, 3.63) is 42.5 Å². The molecule has 0 aliphatic heterocycles. The summed E-state index contributed by atoms with van der Waals surface area (Å²) in [7, 11) is 0. The predicted octanol–water partition coefficient (Wildman–Crippen LogP) is 2.68. The van der Waals surface area contributed by atoms with Gasteiger partial charge >= 0.3 is 0 Å². The van der Waals surface area contributed by atoms with Gasteiger partial charge in [-0.15, -0.1) is 0 Å². The third kappa shape index (κ3) is 1.18. The number of fused-ring (bicyclic) bond motifs is 2. The van der Waals surface area contributed by atoms with Gasteiger partial charge in [0.25, 0.3) is 0 Å². The van der Waals surface area contributed by atoms with Gasteiger partial charge in [-0.05, 0) is 18.2 Å². The Hall–Kier alpha value is -2.29. The highest BCUT2D eigenvalue weighted by molar-refractivity contribution is 6.06.